The van der Waals surface area contributed by atoms with E-state index in [4.69, 9.17) is 18.9 Å². The number of pyridine rings is 1. The van der Waals surface area contributed by atoms with E-state index >= 15 is 0 Å². The van der Waals surface area contributed by atoms with Gasteiger partial charge in [-0.1, -0.05) is 19.2 Å². The molecule has 1 aromatic heterocycles. The van der Waals surface area contributed by atoms with Gasteiger partial charge in [0.05, 0.1) is 38.4 Å². The van der Waals surface area contributed by atoms with Crippen LogP contribution in [0.2, 0.25) is 0 Å². The number of hydrogen-bond donors (Lipinski definition) is 0. The molecule has 0 N–H and O–H groups in total. The predicted octanol–water partition coefficient (Wildman–Crippen LogP) is 2.51. The van der Waals surface area contributed by atoms with Crippen LogP contribution in [0.1, 0.15) is 18.2 Å². The number of ether oxygens (including phenoxy) is 4. The summed E-state index contributed by atoms with van der Waals surface area (Å²) in [4.78, 5) is 6.48. The molecule has 0 amide bonds. The Hall–Kier alpha value is -1.89. The van der Waals surface area contributed by atoms with Gasteiger partial charge in [0.25, 0.3) is 0 Å². The molecule has 6 heteroatoms. The van der Waals surface area contributed by atoms with Gasteiger partial charge in [0.1, 0.15) is 12.8 Å². The fourth-order valence-electron chi connectivity index (χ4n) is 2.62. The molecular weight excluding hydrogens is 308 g/mol. The molecule has 2 atom stereocenters. The quantitative estimate of drug-likeness (QED) is 0.432. The van der Waals surface area contributed by atoms with Crippen LogP contribution >= 0.6 is 0 Å². The topological polar surface area (TPSA) is 53.1 Å². The Labute approximate surface area is 143 Å². The number of rotatable bonds is 12. The average Bonchev–Trinajstić information content (AvgIpc) is 3.02. The standard InChI is InChI=1S/C18H26N2O4/c1-3-21-10-6-9-20-14-17(15-23-12-11-22-4-2)24-18(20)16-7-5-8-19-13-16/h3-5,7-8,13,17-18H,1-2,6,9-12,14-15H2. The normalized spacial score (nSPS) is 20.7. The van der Waals surface area contributed by atoms with Crippen molar-refractivity contribution in [3.8, 4) is 0 Å². The molecule has 1 fully saturated rings. The summed E-state index contributed by atoms with van der Waals surface area (Å²) in [5, 5.41) is 0. The van der Waals surface area contributed by atoms with Gasteiger partial charge < -0.3 is 18.9 Å². The van der Waals surface area contributed by atoms with Crippen LogP contribution in [0.25, 0.3) is 0 Å². The Balaban J connectivity index is 1.85. The fourth-order valence-corrected chi connectivity index (χ4v) is 2.62. The molecular formula is C18H26N2O4. The molecule has 1 aliphatic heterocycles. The van der Waals surface area contributed by atoms with Crippen LogP contribution < -0.4 is 0 Å². The molecule has 0 aliphatic carbocycles. The Kier molecular flexibility index (Phi) is 8.31. The second kappa shape index (κ2) is 10.8. The van der Waals surface area contributed by atoms with Crippen molar-refractivity contribution in [3.05, 3.63) is 55.8 Å². The molecule has 1 saturated heterocycles. The van der Waals surface area contributed by atoms with E-state index in [1.807, 2.05) is 18.3 Å². The van der Waals surface area contributed by atoms with Crippen LogP contribution in [0.4, 0.5) is 0 Å². The minimum Gasteiger partial charge on any atom is -0.502 e. The van der Waals surface area contributed by atoms with Crippen molar-refractivity contribution >= 4 is 0 Å². The SMILES string of the molecule is C=COCCCN1CC(COCCOC=C)OC1c1cccnc1. The first kappa shape index (κ1) is 18.4. The van der Waals surface area contributed by atoms with Crippen molar-refractivity contribution in [1.82, 2.24) is 9.88 Å². The molecule has 1 aliphatic rings. The molecule has 0 radical (unpaired) electrons. The Morgan fingerprint density at radius 1 is 1.25 bits per heavy atom. The summed E-state index contributed by atoms with van der Waals surface area (Å²) in [7, 11) is 0. The largest absolute Gasteiger partial charge is 0.502 e. The summed E-state index contributed by atoms with van der Waals surface area (Å²) in [6.07, 6.45) is 7.34. The molecule has 1 aromatic rings. The summed E-state index contributed by atoms with van der Waals surface area (Å²) in [6, 6.07) is 3.96. The van der Waals surface area contributed by atoms with Crippen molar-refractivity contribution in [1.29, 1.82) is 0 Å². The molecule has 0 saturated carbocycles. The van der Waals surface area contributed by atoms with E-state index in [0.29, 0.717) is 26.4 Å². The first-order chi connectivity index (χ1) is 11.8. The van der Waals surface area contributed by atoms with Crippen molar-refractivity contribution < 1.29 is 18.9 Å². The minimum atomic E-state index is -0.0968. The van der Waals surface area contributed by atoms with Crippen LogP contribution in [-0.2, 0) is 18.9 Å². The van der Waals surface area contributed by atoms with Gasteiger partial charge in [0.2, 0.25) is 0 Å². The second-order valence-corrected chi connectivity index (χ2v) is 5.40. The van der Waals surface area contributed by atoms with Crippen LogP contribution in [-0.4, -0.2) is 55.5 Å². The Morgan fingerprint density at radius 2 is 2.08 bits per heavy atom. The van der Waals surface area contributed by atoms with E-state index in [1.165, 1.54) is 12.5 Å². The third kappa shape index (κ3) is 5.96. The highest BCUT2D eigenvalue weighted by molar-refractivity contribution is 5.13. The lowest BCUT2D eigenvalue weighted by Gasteiger charge is -2.22. The van der Waals surface area contributed by atoms with Gasteiger partial charge in [-0.2, -0.15) is 0 Å². The van der Waals surface area contributed by atoms with Gasteiger partial charge in [-0.3, -0.25) is 9.88 Å². The zero-order valence-electron chi connectivity index (χ0n) is 14.0. The maximum absolute atomic E-state index is 6.16. The molecule has 0 spiro atoms. The summed E-state index contributed by atoms with van der Waals surface area (Å²) in [6.45, 7) is 11.0. The summed E-state index contributed by atoms with van der Waals surface area (Å²) >= 11 is 0. The van der Waals surface area contributed by atoms with Crippen molar-refractivity contribution in [2.45, 2.75) is 18.8 Å². The maximum Gasteiger partial charge on any atom is 0.138 e. The van der Waals surface area contributed by atoms with Gasteiger partial charge >= 0.3 is 0 Å². The number of nitrogens with zero attached hydrogens (tertiary/aromatic N) is 2. The molecule has 24 heavy (non-hydrogen) atoms. The van der Waals surface area contributed by atoms with E-state index in [-0.39, 0.29) is 12.3 Å². The lowest BCUT2D eigenvalue weighted by molar-refractivity contribution is -0.0403. The third-order valence-corrected chi connectivity index (χ3v) is 3.65. The summed E-state index contributed by atoms with van der Waals surface area (Å²) in [5.41, 5.74) is 1.06. The summed E-state index contributed by atoms with van der Waals surface area (Å²) in [5.74, 6) is 0. The third-order valence-electron chi connectivity index (χ3n) is 3.65. The average molecular weight is 334 g/mol. The van der Waals surface area contributed by atoms with Crippen molar-refractivity contribution in [3.63, 3.8) is 0 Å². The lowest BCUT2D eigenvalue weighted by atomic mass is 10.2. The lowest BCUT2D eigenvalue weighted by Crippen LogP contribution is -2.28. The van der Waals surface area contributed by atoms with Gasteiger partial charge in [0, 0.05) is 31.0 Å². The van der Waals surface area contributed by atoms with Crippen LogP contribution in [0, 0.1) is 0 Å². The monoisotopic (exact) mass is 334 g/mol. The first-order valence-corrected chi connectivity index (χ1v) is 8.17. The van der Waals surface area contributed by atoms with Crippen LogP contribution in [0.5, 0.6) is 0 Å². The molecule has 0 aromatic carbocycles. The van der Waals surface area contributed by atoms with Gasteiger partial charge in [0.15, 0.2) is 0 Å². The maximum atomic E-state index is 6.16. The van der Waals surface area contributed by atoms with Crippen molar-refractivity contribution in [2.75, 3.05) is 39.5 Å². The van der Waals surface area contributed by atoms with E-state index in [2.05, 4.69) is 23.0 Å². The zero-order chi connectivity index (χ0) is 17.0. The van der Waals surface area contributed by atoms with E-state index in [0.717, 1.165) is 25.1 Å². The molecule has 2 unspecified atom stereocenters. The molecule has 2 heterocycles. The molecule has 0 bridgehead atoms. The highest BCUT2D eigenvalue weighted by Crippen LogP contribution is 2.30. The molecule has 132 valence electrons. The number of hydrogen-bond acceptors (Lipinski definition) is 6. The van der Waals surface area contributed by atoms with Crippen LogP contribution in [0.15, 0.2) is 50.2 Å². The highest BCUT2D eigenvalue weighted by atomic mass is 16.6. The Bertz CT molecular complexity index is 483. The van der Waals surface area contributed by atoms with Gasteiger partial charge in [-0.05, 0) is 12.5 Å². The molecule has 6 nitrogen and oxygen atoms in total. The fraction of sp³-hybridized carbons (Fsp3) is 0.500. The summed E-state index contributed by atoms with van der Waals surface area (Å²) < 4.78 is 22.0. The minimum absolute atomic E-state index is 0.0271. The van der Waals surface area contributed by atoms with Gasteiger partial charge in [-0.25, -0.2) is 0 Å². The second-order valence-electron chi connectivity index (χ2n) is 5.40. The van der Waals surface area contributed by atoms with E-state index in [1.54, 1.807) is 6.20 Å². The molecule has 2 rings (SSSR count). The highest BCUT2D eigenvalue weighted by Gasteiger charge is 2.33. The van der Waals surface area contributed by atoms with E-state index in [9.17, 15) is 0 Å². The first-order valence-electron chi connectivity index (χ1n) is 8.17. The van der Waals surface area contributed by atoms with E-state index < -0.39 is 0 Å². The van der Waals surface area contributed by atoms with Crippen molar-refractivity contribution in [2.24, 2.45) is 0 Å². The number of aromatic nitrogens is 1. The van der Waals surface area contributed by atoms with Gasteiger partial charge in [-0.15, -0.1) is 0 Å². The predicted molar refractivity (Wildman–Crippen MR) is 91.2 cm³/mol. The zero-order valence-corrected chi connectivity index (χ0v) is 14.0. The van der Waals surface area contributed by atoms with Crippen LogP contribution in [0.3, 0.4) is 0 Å². The Morgan fingerprint density at radius 3 is 2.83 bits per heavy atom. The smallest absolute Gasteiger partial charge is 0.138 e.